The molecular formula is C26H23ClN4O3. The quantitative estimate of drug-likeness (QED) is 0.376. The van der Waals surface area contributed by atoms with Gasteiger partial charge in [-0.25, -0.2) is 0 Å². The number of nitrogens with one attached hydrogen (secondary N) is 1. The molecule has 34 heavy (non-hydrogen) atoms. The van der Waals surface area contributed by atoms with Gasteiger partial charge in [-0.15, -0.1) is 0 Å². The molecule has 2 aromatic heterocycles. The van der Waals surface area contributed by atoms with Gasteiger partial charge in [0.05, 0.1) is 12.6 Å². The van der Waals surface area contributed by atoms with Crippen LogP contribution in [0.2, 0.25) is 5.02 Å². The third kappa shape index (κ3) is 3.99. The molecule has 0 aliphatic carbocycles. The zero-order valence-corrected chi connectivity index (χ0v) is 19.3. The number of nitrogens with zero attached hydrogens (tertiary/aromatic N) is 3. The van der Waals surface area contributed by atoms with E-state index in [2.05, 4.69) is 22.1 Å². The van der Waals surface area contributed by atoms with Crippen molar-refractivity contribution >= 4 is 17.5 Å². The Bertz CT molecular complexity index is 1320. The van der Waals surface area contributed by atoms with E-state index >= 15 is 0 Å². The predicted octanol–water partition coefficient (Wildman–Crippen LogP) is 5.36. The molecule has 1 aliphatic heterocycles. The van der Waals surface area contributed by atoms with Crippen molar-refractivity contribution in [2.45, 2.75) is 25.9 Å². The summed E-state index contributed by atoms with van der Waals surface area (Å²) in [6, 6.07) is 15.9. The maximum absolute atomic E-state index is 13.5. The Balaban J connectivity index is 1.62. The van der Waals surface area contributed by atoms with Crippen molar-refractivity contribution in [3.63, 3.8) is 0 Å². The van der Waals surface area contributed by atoms with Crippen molar-refractivity contribution in [3.8, 4) is 22.8 Å². The summed E-state index contributed by atoms with van der Waals surface area (Å²) in [5.74, 6) is 0.642. The monoisotopic (exact) mass is 474 g/mol. The van der Waals surface area contributed by atoms with Crippen LogP contribution in [0.4, 0.5) is 0 Å². The van der Waals surface area contributed by atoms with Crippen LogP contribution in [0, 0.1) is 0 Å². The highest BCUT2D eigenvalue weighted by Crippen LogP contribution is 2.45. The Morgan fingerprint density at radius 3 is 2.74 bits per heavy atom. The summed E-state index contributed by atoms with van der Waals surface area (Å²) in [6.45, 7) is 3.06. The number of fused-ring (bicyclic) bond motifs is 1. The van der Waals surface area contributed by atoms with Crippen molar-refractivity contribution < 1.29 is 14.6 Å². The first kappa shape index (κ1) is 22.0. The lowest BCUT2D eigenvalue weighted by Crippen LogP contribution is -2.29. The molecule has 2 aromatic carbocycles. The first-order valence-electron chi connectivity index (χ1n) is 11.1. The van der Waals surface area contributed by atoms with Gasteiger partial charge in [0.15, 0.2) is 0 Å². The van der Waals surface area contributed by atoms with Gasteiger partial charge in [0, 0.05) is 35.1 Å². The van der Waals surface area contributed by atoms with Crippen LogP contribution in [0.15, 0.2) is 67.0 Å². The smallest absolute Gasteiger partial charge is 0.273 e. The lowest BCUT2D eigenvalue weighted by atomic mass is 9.95. The number of aromatic nitrogens is 3. The van der Waals surface area contributed by atoms with Gasteiger partial charge in [-0.3, -0.25) is 14.9 Å². The molecule has 1 unspecified atom stereocenters. The Kier molecular flexibility index (Phi) is 5.94. The van der Waals surface area contributed by atoms with E-state index in [0.717, 1.165) is 23.3 Å². The number of amides is 1. The van der Waals surface area contributed by atoms with Gasteiger partial charge in [0.25, 0.3) is 5.91 Å². The second kappa shape index (κ2) is 9.19. The maximum atomic E-state index is 13.5. The molecule has 2 N–H and O–H groups in total. The Morgan fingerprint density at radius 1 is 1.18 bits per heavy atom. The number of aromatic amines is 1. The molecule has 8 heteroatoms. The van der Waals surface area contributed by atoms with Gasteiger partial charge >= 0.3 is 0 Å². The van der Waals surface area contributed by atoms with Crippen molar-refractivity contribution in [1.82, 2.24) is 20.1 Å². The molecular weight excluding hydrogens is 452 g/mol. The molecule has 4 aromatic rings. The highest BCUT2D eigenvalue weighted by Gasteiger charge is 2.42. The zero-order valence-electron chi connectivity index (χ0n) is 18.5. The van der Waals surface area contributed by atoms with E-state index in [0.29, 0.717) is 40.7 Å². The number of phenols is 1. The van der Waals surface area contributed by atoms with E-state index < -0.39 is 6.04 Å². The summed E-state index contributed by atoms with van der Waals surface area (Å²) in [5.41, 5.74) is 3.88. The molecule has 0 bridgehead atoms. The summed E-state index contributed by atoms with van der Waals surface area (Å²) < 4.78 is 5.74. The number of carbonyl (C=O) groups is 1. The molecule has 5 rings (SSSR count). The summed E-state index contributed by atoms with van der Waals surface area (Å²) >= 11 is 6.21. The van der Waals surface area contributed by atoms with Crippen LogP contribution in [-0.4, -0.2) is 37.7 Å². The van der Waals surface area contributed by atoms with Gasteiger partial charge in [-0.2, -0.15) is 5.10 Å². The van der Waals surface area contributed by atoms with E-state index in [1.807, 2.05) is 36.4 Å². The minimum Gasteiger partial charge on any atom is -0.507 e. The van der Waals surface area contributed by atoms with Gasteiger partial charge < -0.3 is 14.7 Å². The second-order valence-electron chi connectivity index (χ2n) is 8.14. The third-order valence-corrected chi connectivity index (χ3v) is 6.06. The molecule has 172 valence electrons. The lowest BCUT2D eigenvalue weighted by Gasteiger charge is -2.26. The Hall–Kier alpha value is -3.84. The average Bonchev–Trinajstić information content (AvgIpc) is 3.39. The fraction of sp³-hybridized carbons (Fsp3) is 0.192. The first-order valence-corrected chi connectivity index (χ1v) is 11.4. The number of aromatic hydroxyl groups is 1. The second-order valence-corrected chi connectivity index (χ2v) is 8.57. The van der Waals surface area contributed by atoms with Crippen molar-refractivity contribution in [3.05, 3.63) is 94.4 Å². The van der Waals surface area contributed by atoms with E-state index in [4.69, 9.17) is 16.3 Å². The predicted molar refractivity (Wildman–Crippen MR) is 129 cm³/mol. The molecule has 0 saturated carbocycles. The summed E-state index contributed by atoms with van der Waals surface area (Å²) in [4.78, 5) is 19.5. The number of H-pyrrole nitrogens is 1. The Morgan fingerprint density at radius 2 is 2.00 bits per heavy atom. The van der Waals surface area contributed by atoms with Gasteiger partial charge in [0.2, 0.25) is 0 Å². The van der Waals surface area contributed by atoms with Crippen LogP contribution in [0.3, 0.4) is 0 Å². The molecule has 0 fully saturated rings. The fourth-order valence-electron chi connectivity index (χ4n) is 4.26. The van der Waals surface area contributed by atoms with Gasteiger partial charge in [0.1, 0.15) is 22.9 Å². The van der Waals surface area contributed by atoms with Crippen molar-refractivity contribution in [2.75, 3.05) is 6.61 Å². The molecule has 3 heterocycles. The molecule has 0 saturated heterocycles. The first-order chi connectivity index (χ1) is 16.6. The summed E-state index contributed by atoms with van der Waals surface area (Å²) in [7, 11) is 0. The van der Waals surface area contributed by atoms with Crippen LogP contribution in [0.1, 0.15) is 46.6 Å². The number of benzene rings is 2. The van der Waals surface area contributed by atoms with Crippen LogP contribution in [0.5, 0.6) is 11.5 Å². The zero-order chi connectivity index (χ0) is 23.7. The van der Waals surface area contributed by atoms with E-state index in [1.54, 1.807) is 29.4 Å². The lowest BCUT2D eigenvalue weighted by molar-refractivity contribution is 0.0730. The average molecular weight is 475 g/mol. The highest BCUT2D eigenvalue weighted by molar-refractivity contribution is 6.31. The summed E-state index contributed by atoms with van der Waals surface area (Å²) in [6.07, 6.45) is 4.37. The number of hydrogen-bond acceptors (Lipinski definition) is 5. The molecule has 7 nitrogen and oxygen atoms in total. The number of carbonyl (C=O) groups excluding carboxylic acids is 1. The number of ether oxygens (including phenoxy) is 1. The molecule has 1 amide bonds. The topological polar surface area (TPSA) is 91.3 Å². The number of phenolic OH excluding ortho intramolecular Hbond substituents is 1. The van der Waals surface area contributed by atoms with Gasteiger partial charge in [-0.05, 0) is 53.9 Å². The fourth-order valence-corrected chi connectivity index (χ4v) is 4.44. The minimum absolute atomic E-state index is 0.0407. The van der Waals surface area contributed by atoms with Crippen LogP contribution in [-0.2, 0) is 6.54 Å². The summed E-state index contributed by atoms with van der Waals surface area (Å²) in [5, 5.41) is 18.3. The van der Waals surface area contributed by atoms with Crippen LogP contribution >= 0.6 is 11.6 Å². The largest absolute Gasteiger partial charge is 0.507 e. The molecule has 0 radical (unpaired) electrons. The third-order valence-electron chi connectivity index (χ3n) is 5.82. The van der Waals surface area contributed by atoms with Gasteiger partial charge in [-0.1, -0.05) is 36.7 Å². The Labute approximate surface area is 202 Å². The van der Waals surface area contributed by atoms with Crippen LogP contribution < -0.4 is 4.74 Å². The molecule has 1 atom stereocenters. The SMILES string of the molecule is CCCOc1ccc(C2c3c(-c4cc(Cl)ccc4O)n[nH]c3C(=O)N2Cc2cccnc2)cc1. The maximum Gasteiger partial charge on any atom is 0.273 e. The van der Waals surface area contributed by atoms with E-state index in [-0.39, 0.29) is 11.7 Å². The number of halogens is 1. The van der Waals surface area contributed by atoms with E-state index in [9.17, 15) is 9.90 Å². The molecule has 0 spiro atoms. The standard InChI is InChI=1S/C26H23ClN4O3/c1-2-12-34-19-8-5-17(6-9-19)25-22-23(20-13-18(27)7-10-21(20)32)29-30-24(22)26(33)31(25)15-16-4-3-11-28-14-16/h3-11,13-14,25,32H,2,12,15H2,1H3,(H,29,30). The molecule has 1 aliphatic rings. The van der Waals surface area contributed by atoms with E-state index in [1.165, 1.54) is 6.07 Å². The normalized spacial score (nSPS) is 14.9. The minimum atomic E-state index is -0.421. The van der Waals surface area contributed by atoms with Crippen molar-refractivity contribution in [1.29, 1.82) is 0 Å². The van der Waals surface area contributed by atoms with Crippen molar-refractivity contribution in [2.24, 2.45) is 0 Å². The highest BCUT2D eigenvalue weighted by atomic mass is 35.5. The number of pyridine rings is 1. The van der Waals surface area contributed by atoms with Crippen LogP contribution in [0.25, 0.3) is 11.3 Å². The number of rotatable bonds is 7. The number of hydrogen-bond donors (Lipinski definition) is 2.